The van der Waals surface area contributed by atoms with Crippen LogP contribution >= 0.6 is 11.6 Å². The molecule has 0 radical (unpaired) electrons. The van der Waals surface area contributed by atoms with E-state index in [-0.39, 0.29) is 0 Å². The molecule has 4 nitrogen and oxygen atoms in total. The standard InChI is InChI=1S/C14H17ClN4/c1-10-8-13(18-14(16-2)17-10)19(3)9-11-6-4-5-7-12(11)15/h4-8H,9H2,1-3H3,(H,16,17,18). The molecule has 5 heteroatoms. The van der Waals surface area contributed by atoms with Crippen LogP contribution < -0.4 is 10.2 Å². The molecule has 0 spiro atoms. The minimum atomic E-state index is 0.626. The largest absolute Gasteiger partial charge is 0.357 e. The first kappa shape index (κ1) is 13.6. The van der Waals surface area contributed by atoms with Crippen LogP contribution in [0.5, 0.6) is 0 Å². The highest BCUT2D eigenvalue weighted by molar-refractivity contribution is 6.31. The highest BCUT2D eigenvalue weighted by Crippen LogP contribution is 2.20. The summed E-state index contributed by atoms with van der Waals surface area (Å²) in [6, 6.07) is 9.79. The van der Waals surface area contributed by atoms with Gasteiger partial charge in [-0.25, -0.2) is 4.98 Å². The molecule has 0 bridgehead atoms. The maximum atomic E-state index is 6.17. The molecule has 0 aliphatic carbocycles. The smallest absolute Gasteiger partial charge is 0.224 e. The number of benzene rings is 1. The summed E-state index contributed by atoms with van der Waals surface area (Å²) in [5.74, 6) is 1.50. The lowest BCUT2D eigenvalue weighted by Gasteiger charge is -2.19. The van der Waals surface area contributed by atoms with Gasteiger partial charge in [-0.2, -0.15) is 4.98 Å². The first-order valence-corrected chi connectivity index (χ1v) is 6.46. The molecular weight excluding hydrogens is 260 g/mol. The van der Waals surface area contributed by atoms with Crippen molar-refractivity contribution in [2.45, 2.75) is 13.5 Å². The van der Waals surface area contributed by atoms with Gasteiger partial charge < -0.3 is 10.2 Å². The summed E-state index contributed by atoms with van der Waals surface area (Å²) in [5, 5.41) is 3.74. The molecule has 1 N–H and O–H groups in total. The monoisotopic (exact) mass is 276 g/mol. The Morgan fingerprint density at radius 2 is 2.00 bits per heavy atom. The van der Waals surface area contributed by atoms with E-state index >= 15 is 0 Å². The third-order valence-corrected chi connectivity index (χ3v) is 3.19. The molecule has 0 amide bonds. The number of rotatable bonds is 4. The van der Waals surface area contributed by atoms with Crippen LogP contribution in [0.4, 0.5) is 11.8 Å². The van der Waals surface area contributed by atoms with Crippen LogP contribution in [0.25, 0.3) is 0 Å². The van der Waals surface area contributed by atoms with E-state index in [1.54, 1.807) is 0 Å². The molecule has 1 aromatic heterocycles. The van der Waals surface area contributed by atoms with Crippen molar-refractivity contribution in [2.24, 2.45) is 0 Å². The lowest BCUT2D eigenvalue weighted by Crippen LogP contribution is -2.19. The first-order chi connectivity index (χ1) is 9.10. The minimum Gasteiger partial charge on any atom is -0.357 e. The summed E-state index contributed by atoms with van der Waals surface area (Å²) in [5.41, 5.74) is 2.01. The number of hydrogen-bond donors (Lipinski definition) is 1. The zero-order valence-electron chi connectivity index (χ0n) is 11.3. The average Bonchev–Trinajstić information content (AvgIpc) is 2.40. The summed E-state index contributed by atoms with van der Waals surface area (Å²) in [6.45, 7) is 2.66. The van der Waals surface area contributed by atoms with Crippen LogP contribution in [0.15, 0.2) is 30.3 Å². The van der Waals surface area contributed by atoms with Crippen molar-refractivity contribution in [3.05, 3.63) is 46.6 Å². The minimum absolute atomic E-state index is 0.626. The maximum Gasteiger partial charge on any atom is 0.224 e. The van der Waals surface area contributed by atoms with Gasteiger partial charge in [0.15, 0.2) is 0 Å². The Labute approximate surface area is 118 Å². The molecule has 19 heavy (non-hydrogen) atoms. The van der Waals surface area contributed by atoms with Crippen molar-refractivity contribution in [2.75, 3.05) is 24.3 Å². The van der Waals surface area contributed by atoms with Gasteiger partial charge in [-0.05, 0) is 18.6 Å². The summed E-state index contributed by atoms with van der Waals surface area (Å²) < 4.78 is 0. The van der Waals surface area contributed by atoms with Gasteiger partial charge in [0.05, 0.1) is 0 Å². The van der Waals surface area contributed by atoms with Gasteiger partial charge in [0.25, 0.3) is 0 Å². The fraction of sp³-hybridized carbons (Fsp3) is 0.286. The lowest BCUT2D eigenvalue weighted by atomic mass is 10.2. The molecule has 0 unspecified atom stereocenters. The average molecular weight is 277 g/mol. The normalized spacial score (nSPS) is 10.3. The van der Waals surface area contributed by atoms with Gasteiger partial charge in [-0.15, -0.1) is 0 Å². The zero-order chi connectivity index (χ0) is 13.8. The summed E-state index contributed by atoms with van der Waals surface area (Å²) in [6.07, 6.45) is 0. The van der Waals surface area contributed by atoms with Crippen LogP contribution in [0, 0.1) is 6.92 Å². The Morgan fingerprint density at radius 3 is 2.68 bits per heavy atom. The number of aromatic nitrogens is 2. The number of anilines is 2. The SMILES string of the molecule is CNc1nc(C)cc(N(C)Cc2ccccc2Cl)n1. The first-order valence-electron chi connectivity index (χ1n) is 6.08. The quantitative estimate of drug-likeness (QED) is 0.932. The Morgan fingerprint density at radius 1 is 1.26 bits per heavy atom. The van der Waals surface area contributed by atoms with E-state index in [0.29, 0.717) is 12.5 Å². The highest BCUT2D eigenvalue weighted by Gasteiger charge is 2.08. The van der Waals surface area contributed by atoms with Crippen LogP contribution in [-0.2, 0) is 6.54 Å². The van der Waals surface area contributed by atoms with Gasteiger partial charge in [-0.3, -0.25) is 0 Å². The summed E-state index contributed by atoms with van der Waals surface area (Å²) in [7, 11) is 3.80. The lowest BCUT2D eigenvalue weighted by molar-refractivity contribution is 0.888. The van der Waals surface area contributed by atoms with E-state index in [1.165, 1.54) is 0 Å². The molecule has 100 valence electrons. The van der Waals surface area contributed by atoms with Crippen molar-refractivity contribution < 1.29 is 0 Å². The second-order valence-electron chi connectivity index (χ2n) is 4.39. The molecule has 0 saturated carbocycles. The van der Waals surface area contributed by atoms with E-state index in [1.807, 2.05) is 51.4 Å². The Bertz CT molecular complexity index is 571. The molecular formula is C14H17ClN4. The van der Waals surface area contributed by atoms with E-state index in [9.17, 15) is 0 Å². The number of halogens is 1. The molecule has 0 fully saturated rings. The molecule has 0 aliphatic heterocycles. The fourth-order valence-electron chi connectivity index (χ4n) is 1.82. The van der Waals surface area contributed by atoms with Gasteiger partial charge >= 0.3 is 0 Å². The van der Waals surface area contributed by atoms with Crippen LogP contribution in [0.3, 0.4) is 0 Å². The van der Waals surface area contributed by atoms with Crippen LogP contribution in [0.2, 0.25) is 5.02 Å². The molecule has 1 heterocycles. The third-order valence-electron chi connectivity index (χ3n) is 2.82. The van der Waals surface area contributed by atoms with Gasteiger partial charge in [0, 0.05) is 37.4 Å². The Balaban J connectivity index is 2.22. The molecule has 0 atom stereocenters. The summed E-state index contributed by atoms with van der Waals surface area (Å²) in [4.78, 5) is 10.8. The van der Waals surface area contributed by atoms with Crippen molar-refractivity contribution in [1.29, 1.82) is 0 Å². The zero-order valence-corrected chi connectivity index (χ0v) is 12.1. The molecule has 2 aromatic rings. The molecule has 1 aromatic carbocycles. The number of hydrogen-bond acceptors (Lipinski definition) is 4. The van der Waals surface area contributed by atoms with Crippen molar-refractivity contribution in [1.82, 2.24) is 9.97 Å². The van der Waals surface area contributed by atoms with Gasteiger partial charge in [-0.1, -0.05) is 29.8 Å². The molecule has 2 rings (SSSR count). The number of nitrogens with zero attached hydrogens (tertiary/aromatic N) is 3. The second kappa shape index (κ2) is 5.89. The second-order valence-corrected chi connectivity index (χ2v) is 4.80. The topological polar surface area (TPSA) is 41.1 Å². The molecule has 0 aliphatic rings. The van der Waals surface area contributed by atoms with Crippen molar-refractivity contribution in [3.63, 3.8) is 0 Å². The van der Waals surface area contributed by atoms with E-state index in [2.05, 4.69) is 20.2 Å². The maximum absolute atomic E-state index is 6.17. The number of aryl methyl sites for hydroxylation is 1. The van der Waals surface area contributed by atoms with E-state index in [4.69, 9.17) is 11.6 Å². The summed E-state index contributed by atoms with van der Waals surface area (Å²) >= 11 is 6.17. The molecule has 0 saturated heterocycles. The van der Waals surface area contributed by atoms with E-state index < -0.39 is 0 Å². The van der Waals surface area contributed by atoms with Gasteiger partial charge in [0.2, 0.25) is 5.95 Å². The predicted octanol–water partition coefficient (Wildman–Crippen LogP) is 3.12. The van der Waals surface area contributed by atoms with Gasteiger partial charge in [0.1, 0.15) is 5.82 Å². The Hall–Kier alpha value is -1.81. The van der Waals surface area contributed by atoms with Crippen molar-refractivity contribution in [3.8, 4) is 0 Å². The van der Waals surface area contributed by atoms with Crippen LogP contribution in [-0.4, -0.2) is 24.1 Å². The predicted molar refractivity (Wildman–Crippen MR) is 79.9 cm³/mol. The van der Waals surface area contributed by atoms with Crippen LogP contribution in [0.1, 0.15) is 11.3 Å². The number of nitrogens with one attached hydrogen (secondary N) is 1. The highest BCUT2D eigenvalue weighted by atomic mass is 35.5. The Kier molecular flexibility index (Phi) is 4.22. The van der Waals surface area contributed by atoms with Crippen molar-refractivity contribution >= 4 is 23.4 Å². The van der Waals surface area contributed by atoms with E-state index in [0.717, 1.165) is 22.1 Å². The fourth-order valence-corrected chi connectivity index (χ4v) is 2.02. The third kappa shape index (κ3) is 3.35.